The third-order valence-electron chi connectivity index (χ3n) is 5.62. The minimum Gasteiger partial charge on any atom is -0.368 e. The van der Waals surface area contributed by atoms with E-state index in [2.05, 4.69) is 0 Å². The van der Waals surface area contributed by atoms with Gasteiger partial charge in [-0.1, -0.05) is 90.6 Å². The fourth-order valence-electron chi connectivity index (χ4n) is 4.00. The fourth-order valence-corrected chi connectivity index (χ4v) is 5.07. The summed E-state index contributed by atoms with van der Waals surface area (Å²) in [4.78, 5) is 0.945. The van der Waals surface area contributed by atoms with Crippen molar-refractivity contribution in [3.63, 3.8) is 0 Å². The Bertz CT molecular complexity index is 975. The molecule has 166 valence electrons. The minimum atomic E-state index is -1.36. The summed E-state index contributed by atoms with van der Waals surface area (Å²) in [6.45, 7) is 0.617. The molecule has 0 bridgehead atoms. The van der Waals surface area contributed by atoms with Gasteiger partial charge in [-0.25, -0.2) is 4.39 Å². The van der Waals surface area contributed by atoms with Crippen molar-refractivity contribution < 1.29 is 23.3 Å². The molecule has 0 aromatic heterocycles. The van der Waals surface area contributed by atoms with Crippen LogP contribution >= 0.6 is 11.8 Å². The van der Waals surface area contributed by atoms with Gasteiger partial charge in [0.2, 0.25) is 0 Å². The SMILES string of the molecule is F[C@@H]1[C@@H](OCc2ccccc2)[C@@H]2OC(c3ccccc3)OC[C@H]2O[C@H]1Sc1ccccc1. The molecule has 2 aliphatic heterocycles. The van der Waals surface area contributed by atoms with E-state index in [9.17, 15) is 0 Å². The van der Waals surface area contributed by atoms with E-state index >= 15 is 4.39 Å². The van der Waals surface area contributed by atoms with Crippen molar-refractivity contribution in [3.8, 4) is 0 Å². The first kappa shape index (κ1) is 21.6. The highest BCUT2D eigenvalue weighted by Gasteiger charge is 2.51. The summed E-state index contributed by atoms with van der Waals surface area (Å²) in [5.41, 5.74) is 1.17. The first-order chi connectivity index (χ1) is 15.8. The highest BCUT2D eigenvalue weighted by Crippen LogP contribution is 2.41. The first-order valence-corrected chi connectivity index (χ1v) is 11.6. The minimum absolute atomic E-state index is 0.304. The second-order valence-electron chi connectivity index (χ2n) is 7.86. The van der Waals surface area contributed by atoms with Crippen LogP contribution in [0, 0.1) is 0 Å². The summed E-state index contributed by atoms with van der Waals surface area (Å²) >= 11 is 1.36. The average Bonchev–Trinajstić information content (AvgIpc) is 2.86. The molecule has 0 spiro atoms. The average molecular weight is 453 g/mol. The number of hydrogen-bond donors (Lipinski definition) is 0. The van der Waals surface area contributed by atoms with E-state index in [1.807, 2.05) is 91.0 Å². The van der Waals surface area contributed by atoms with Gasteiger partial charge in [-0.2, -0.15) is 0 Å². The van der Waals surface area contributed by atoms with Crippen LogP contribution in [0.25, 0.3) is 0 Å². The topological polar surface area (TPSA) is 36.9 Å². The number of rotatable bonds is 6. The number of ether oxygens (including phenoxy) is 4. The van der Waals surface area contributed by atoms with Gasteiger partial charge in [0.15, 0.2) is 12.5 Å². The van der Waals surface area contributed by atoms with Crippen LogP contribution < -0.4 is 0 Å². The molecule has 2 heterocycles. The van der Waals surface area contributed by atoms with Crippen molar-refractivity contribution in [3.05, 3.63) is 102 Å². The maximum atomic E-state index is 15.8. The van der Waals surface area contributed by atoms with E-state index in [-0.39, 0.29) is 0 Å². The lowest BCUT2D eigenvalue weighted by atomic mass is 9.99. The lowest BCUT2D eigenvalue weighted by Gasteiger charge is -2.47. The van der Waals surface area contributed by atoms with E-state index in [0.717, 1.165) is 16.0 Å². The Kier molecular flexibility index (Phi) is 6.86. The molecule has 0 N–H and O–H groups in total. The van der Waals surface area contributed by atoms with Gasteiger partial charge in [0, 0.05) is 10.5 Å². The van der Waals surface area contributed by atoms with Crippen molar-refractivity contribution >= 4 is 11.8 Å². The summed E-state index contributed by atoms with van der Waals surface area (Å²) in [6, 6.07) is 29.2. The van der Waals surface area contributed by atoms with Crippen molar-refractivity contribution in [2.24, 2.45) is 0 Å². The second kappa shape index (κ2) is 10.1. The van der Waals surface area contributed by atoms with Gasteiger partial charge in [-0.05, 0) is 17.7 Å². The molecule has 32 heavy (non-hydrogen) atoms. The molecular formula is C26H25FO4S. The maximum absolute atomic E-state index is 15.8. The van der Waals surface area contributed by atoms with E-state index in [1.54, 1.807) is 0 Å². The molecule has 5 rings (SSSR count). The monoisotopic (exact) mass is 452 g/mol. The standard InChI is InChI=1S/C26H25FO4S/c27-22-24(28-16-18-10-4-1-5-11-18)23-21(30-26(22)32-20-14-8-3-9-15-20)17-29-25(31-23)19-12-6-2-7-13-19/h1-15,21-26H,16-17H2/t21-,22-,23-,24-,25?,26+/m1/s1. The molecule has 2 saturated heterocycles. The number of alkyl halides is 1. The van der Waals surface area contributed by atoms with Crippen LogP contribution in [0.3, 0.4) is 0 Å². The number of benzene rings is 3. The van der Waals surface area contributed by atoms with E-state index in [4.69, 9.17) is 18.9 Å². The molecular weight excluding hydrogens is 427 g/mol. The summed E-state index contributed by atoms with van der Waals surface area (Å²) in [7, 11) is 0. The zero-order valence-corrected chi connectivity index (χ0v) is 18.3. The molecule has 0 aliphatic carbocycles. The highest BCUT2D eigenvalue weighted by atomic mass is 32.2. The normalized spacial score (nSPS) is 29.9. The Morgan fingerprint density at radius 3 is 2.22 bits per heavy atom. The zero-order chi connectivity index (χ0) is 21.8. The van der Waals surface area contributed by atoms with E-state index < -0.39 is 36.2 Å². The summed E-state index contributed by atoms with van der Waals surface area (Å²) < 4.78 is 40.3. The molecule has 2 fully saturated rings. The molecule has 6 heteroatoms. The van der Waals surface area contributed by atoms with Crippen LogP contribution in [-0.2, 0) is 25.6 Å². The Morgan fingerprint density at radius 1 is 0.844 bits per heavy atom. The molecule has 0 amide bonds. The highest BCUT2D eigenvalue weighted by molar-refractivity contribution is 7.99. The van der Waals surface area contributed by atoms with Crippen molar-refractivity contribution in [1.29, 1.82) is 0 Å². The van der Waals surface area contributed by atoms with E-state index in [1.165, 1.54) is 11.8 Å². The summed E-state index contributed by atoms with van der Waals surface area (Å²) in [6.07, 6.45) is -3.69. The molecule has 2 aliphatic rings. The van der Waals surface area contributed by atoms with Crippen LogP contribution in [0.4, 0.5) is 4.39 Å². The Hall–Kier alpha value is -2.22. The largest absolute Gasteiger partial charge is 0.368 e. The first-order valence-electron chi connectivity index (χ1n) is 10.8. The zero-order valence-electron chi connectivity index (χ0n) is 17.5. The number of fused-ring (bicyclic) bond motifs is 1. The van der Waals surface area contributed by atoms with Gasteiger partial charge >= 0.3 is 0 Å². The fraction of sp³-hybridized carbons (Fsp3) is 0.308. The third kappa shape index (κ3) is 4.90. The van der Waals surface area contributed by atoms with Gasteiger partial charge in [-0.15, -0.1) is 0 Å². The van der Waals surface area contributed by atoms with E-state index in [0.29, 0.717) is 13.2 Å². The molecule has 1 unspecified atom stereocenters. The maximum Gasteiger partial charge on any atom is 0.184 e. The van der Waals surface area contributed by atoms with Gasteiger partial charge in [0.25, 0.3) is 0 Å². The predicted molar refractivity (Wildman–Crippen MR) is 121 cm³/mol. The van der Waals surface area contributed by atoms with Crippen LogP contribution in [0.2, 0.25) is 0 Å². The Morgan fingerprint density at radius 2 is 1.50 bits per heavy atom. The number of halogens is 1. The van der Waals surface area contributed by atoms with Crippen molar-refractivity contribution in [1.82, 2.24) is 0 Å². The van der Waals surface area contributed by atoms with Crippen molar-refractivity contribution in [2.45, 2.75) is 47.7 Å². The Balaban J connectivity index is 1.36. The van der Waals surface area contributed by atoms with Gasteiger partial charge in [0.1, 0.15) is 23.7 Å². The van der Waals surface area contributed by atoms with Gasteiger partial charge < -0.3 is 18.9 Å². The van der Waals surface area contributed by atoms with Crippen LogP contribution in [-0.4, -0.2) is 36.5 Å². The van der Waals surface area contributed by atoms with Crippen LogP contribution in [0.5, 0.6) is 0 Å². The molecule has 4 nitrogen and oxygen atoms in total. The molecule has 0 saturated carbocycles. The lowest BCUT2D eigenvalue weighted by molar-refractivity contribution is -0.319. The van der Waals surface area contributed by atoms with Gasteiger partial charge in [-0.3, -0.25) is 0 Å². The predicted octanol–water partition coefficient (Wildman–Crippen LogP) is 5.54. The smallest absolute Gasteiger partial charge is 0.184 e. The molecule has 6 atom stereocenters. The number of thioether (sulfide) groups is 1. The molecule has 3 aromatic carbocycles. The number of hydrogen-bond acceptors (Lipinski definition) is 5. The summed E-state index contributed by atoms with van der Waals surface area (Å²) in [5.74, 6) is 0. The third-order valence-corrected chi connectivity index (χ3v) is 6.77. The summed E-state index contributed by atoms with van der Waals surface area (Å²) in [5, 5.41) is 0. The van der Waals surface area contributed by atoms with Crippen molar-refractivity contribution in [2.75, 3.05) is 6.61 Å². The van der Waals surface area contributed by atoms with Crippen LogP contribution in [0.15, 0.2) is 95.9 Å². The lowest BCUT2D eigenvalue weighted by Crippen LogP contribution is -2.60. The van der Waals surface area contributed by atoms with Gasteiger partial charge in [0.05, 0.1) is 13.2 Å². The van der Waals surface area contributed by atoms with Crippen LogP contribution in [0.1, 0.15) is 17.4 Å². The quantitative estimate of drug-likeness (QED) is 0.491. The molecule has 0 radical (unpaired) electrons. The Labute approximate surface area is 191 Å². The second-order valence-corrected chi connectivity index (χ2v) is 9.03. The molecule has 3 aromatic rings.